The fraction of sp³-hybridized carbons (Fsp3) is 0.188. The maximum absolute atomic E-state index is 12.0. The van der Waals surface area contributed by atoms with Crippen LogP contribution in [0.1, 0.15) is 0 Å². The van der Waals surface area contributed by atoms with E-state index in [1.807, 2.05) is 0 Å². The van der Waals surface area contributed by atoms with Crippen LogP contribution in [0.3, 0.4) is 0 Å². The third kappa shape index (κ3) is 5.34. The molecule has 2 aromatic rings. The summed E-state index contributed by atoms with van der Waals surface area (Å²) in [7, 11) is -0.608. The summed E-state index contributed by atoms with van der Waals surface area (Å²) in [6.45, 7) is -0.242. The number of amides is 1. The Balaban J connectivity index is 1.97. The number of hydrogen-bond acceptors (Lipinski definition) is 4. The Morgan fingerprint density at radius 2 is 1.64 bits per heavy atom. The molecule has 2 rings (SSSR count). The van der Waals surface area contributed by atoms with Gasteiger partial charge in [-0.25, -0.2) is 12.7 Å². The van der Waals surface area contributed by atoms with Gasteiger partial charge in [-0.2, -0.15) is 0 Å². The van der Waals surface area contributed by atoms with Crippen molar-refractivity contribution in [1.29, 1.82) is 0 Å². The van der Waals surface area contributed by atoms with Crippen molar-refractivity contribution in [1.82, 2.24) is 4.31 Å². The minimum Gasteiger partial charge on any atom is -0.484 e. The standard InChI is InChI=1S/C16H16Cl2N2O4S/c1-20(2)25(22,23)15-5-3-13(4-6-15)19-16(21)10-24-14-8-11(17)7-12(18)9-14/h3-9H,10H2,1-2H3,(H,19,21). The number of ether oxygens (including phenoxy) is 1. The first-order valence-corrected chi connectivity index (χ1v) is 9.29. The molecular formula is C16H16Cl2N2O4S. The van der Waals surface area contributed by atoms with E-state index in [-0.39, 0.29) is 11.5 Å². The van der Waals surface area contributed by atoms with E-state index < -0.39 is 15.9 Å². The summed E-state index contributed by atoms with van der Waals surface area (Å²) in [4.78, 5) is 12.1. The van der Waals surface area contributed by atoms with Crippen LogP contribution in [0.5, 0.6) is 5.75 Å². The van der Waals surface area contributed by atoms with Crippen molar-refractivity contribution >= 4 is 44.8 Å². The number of carbonyl (C=O) groups excluding carboxylic acids is 1. The zero-order valence-electron chi connectivity index (χ0n) is 13.5. The van der Waals surface area contributed by atoms with Crippen molar-refractivity contribution in [3.8, 4) is 5.75 Å². The van der Waals surface area contributed by atoms with E-state index in [4.69, 9.17) is 27.9 Å². The number of anilines is 1. The van der Waals surface area contributed by atoms with Crippen LogP contribution in [0.2, 0.25) is 10.0 Å². The van der Waals surface area contributed by atoms with Crippen LogP contribution < -0.4 is 10.1 Å². The van der Waals surface area contributed by atoms with E-state index in [1.54, 1.807) is 18.2 Å². The van der Waals surface area contributed by atoms with Crippen LogP contribution in [0.25, 0.3) is 0 Å². The Kier molecular flexibility index (Phi) is 6.29. The van der Waals surface area contributed by atoms with Gasteiger partial charge >= 0.3 is 0 Å². The number of hydrogen-bond donors (Lipinski definition) is 1. The highest BCUT2D eigenvalue weighted by molar-refractivity contribution is 7.89. The summed E-state index contributed by atoms with van der Waals surface area (Å²) in [5.74, 6) is -0.0283. The van der Waals surface area contributed by atoms with E-state index >= 15 is 0 Å². The number of nitrogens with one attached hydrogen (secondary N) is 1. The fourth-order valence-electron chi connectivity index (χ4n) is 1.88. The third-order valence-electron chi connectivity index (χ3n) is 3.12. The maximum Gasteiger partial charge on any atom is 0.262 e. The van der Waals surface area contributed by atoms with Crippen LogP contribution in [-0.2, 0) is 14.8 Å². The van der Waals surface area contributed by atoms with Crippen molar-refractivity contribution in [3.63, 3.8) is 0 Å². The SMILES string of the molecule is CN(C)S(=O)(=O)c1ccc(NC(=O)COc2cc(Cl)cc(Cl)c2)cc1. The first-order valence-electron chi connectivity index (χ1n) is 7.10. The van der Waals surface area contributed by atoms with Gasteiger partial charge in [-0.05, 0) is 42.5 Å². The second kappa shape index (κ2) is 8.05. The lowest BCUT2D eigenvalue weighted by atomic mass is 10.3. The molecule has 1 N–H and O–H groups in total. The van der Waals surface area contributed by atoms with E-state index in [2.05, 4.69) is 5.32 Å². The molecule has 0 heterocycles. The second-order valence-corrected chi connectivity index (χ2v) is 8.28. The molecule has 134 valence electrons. The van der Waals surface area contributed by atoms with E-state index in [9.17, 15) is 13.2 Å². The Bertz CT molecular complexity index is 848. The monoisotopic (exact) mass is 402 g/mol. The highest BCUT2D eigenvalue weighted by Gasteiger charge is 2.16. The van der Waals surface area contributed by atoms with Gasteiger partial charge in [0, 0.05) is 29.8 Å². The molecule has 0 aliphatic rings. The number of carbonyl (C=O) groups is 1. The smallest absolute Gasteiger partial charge is 0.262 e. The summed E-state index contributed by atoms with van der Waals surface area (Å²) >= 11 is 11.7. The molecule has 1 amide bonds. The number of sulfonamides is 1. The predicted octanol–water partition coefficient (Wildman–Crippen LogP) is 3.26. The average Bonchev–Trinajstić information content (AvgIpc) is 2.52. The van der Waals surface area contributed by atoms with Gasteiger partial charge in [-0.3, -0.25) is 4.79 Å². The van der Waals surface area contributed by atoms with Crippen molar-refractivity contribution in [2.45, 2.75) is 4.90 Å². The first kappa shape index (κ1) is 19.5. The van der Waals surface area contributed by atoms with Crippen molar-refractivity contribution in [2.24, 2.45) is 0 Å². The lowest BCUT2D eigenvalue weighted by molar-refractivity contribution is -0.118. The van der Waals surface area contributed by atoms with Crippen LogP contribution in [0.4, 0.5) is 5.69 Å². The zero-order chi connectivity index (χ0) is 18.6. The molecule has 0 aromatic heterocycles. The van der Waals surface area contributed by atoms with Gasteiger partial charge in [0.1, 0.15) is 5.75 Å². The molecule has 0 radical (unpaired) electrons. The number of halogens is 2. The molecule has 0 aliphatic heterocycles. The largest absolute Gasteiger partial charge is 0.484 e. The zero-order valence-corrected chi connectivity index (χ0v) is 15.8. The van der Waals surface area contributed by atoms with Crippen LogP contribution in [0.15, 0.2) is 47.4 Å². The maximum atomic E-state index is 12.0. The Morgan fingerprint density at radius 1 is 1.08 bits per heavy atom. The summed E-state index contributed by atoms with van der Waals surface area (Å²) in [5.41, 5.74) is 0.454. The van der Waals surface area contributed by atoms with Gasteiger partial charge in [0.25, 0.3) is 5.91 Å². The van der Waals surface area contributed by atoms with Crippen molar-refractivity contribution < 1.29 is 17.9 Å². The molecule has 0 aliphatic carbocycles. The topological polar surface area (TPSA) is 75.7 Å². The number of rotatable bonds is 6. The minimum atomic E-state index is -3.51. The van der Waals surface area contributed by atoms with Crippen LogP contribution in [-0.4, -0.2) is 39.3 Å². The van der Waals surface area contributed by atoms with Gasteiger partial charge in [0.15, 0.2) is 6.61 Å². The first-order chi connectivity index (χ1) is 11.7. The lowest BCUT2D eigenvalue weighted by Gasteiger charge is -2.12. The quantitative estimate of drug-likeness (QED) is 0.804. The van der Waals surface area contributed by atoms with Crippen LogP contribution >= 0.6 is 23.2 Å². The molecular weight excluding hydrogens is 387 g/mol. The molecule has 0 bridgehead atoms. The predicted molar refractivity (Wildman–Crippen MR) is 97.9 cm³/mol. The van der Waals surface area contributed by atoms with E-state index in [0.717, 1.165) is 4.31 Å². The summed E-state index contributed by atoms with van der Waals surface area (Å²) in [6.07, 6.45) is 0. The Hall–Kier alpha value is -1.80. The van der Waals surface area contributed by atoms with Crippen molar-refractivity contribution in [2.75, 3.05) is 26.0 Å². The average molecular weight is 403 g/mol. The third-order valence-corrected chi connectivity index (χ3v) is 5.39. The number of nitrogens with zero attached hydrogens (tertiary/aromatic N) is 1. The van der Waals surface area contributed by atoms with E-state index in [0.29, 0.717) is 21.5 Å². The van der Waals surface area contributed by atoms with E-state index in [1.165, 1.54) is 38.4 Å². The summed E-state index contributed by atoms with van der Waals surface area (Å²) in [5, 5.41) is 3.42. The van der Waals surface area contributed by atoms with Gasteiger partial charge in [-0.1, -0.05) is 23.2 Å². The summed E-state index contributed by atoms with van der Waals surface area (Å²) < 4.78 is 30.4. The molecule has 0 fully saturated rings. The number of benzene rings is 2. The molecule has 6 nitrogen and oxygen atoms in total. The Labute approximate surface area is 156 Å². The lowest BCUT2D eigenvalue weighted by Crippen LogP contribution is -2.22. The Morgan fingerprint density at radius 3 is 2.16 bits per heavy atom. The molecule has 0 saturated heterocycles. The molecule has 0 atom stereocenters. The molecule has 25 heavy (non-hydrogen) atoms. The van der Waals surface area contributed by atoms with Crippen LogP contribution in [0, 0.1) is 0 Å². The molecule has 9 heteroatoms. The van der Waals surface area contributed by atoms with Gasteiger partial charge in [0.05, 0.1) is 4.90 Å². The highest BCUT2D eigenvalue weighted by atomic mass is 35.5. The molecule has 0 spiro atoms. The summed E-state index contributed by atoms with van der Waals surface area (Å²) in [6, 6.07) is 10.5. The molecule has 0 unspecified atom stereocenters. The molecule has 2 aromatic carbocycles. The minimum absolute atomic E-state index is 0.139. The normalized spacial score (nSPS) is 11.4. The highest BCUT2D eigenvalue weighted by Crippen LogP contribution is 2.24. The van der Waals surface area contributed by atoms with Gasteiger partial charge < -0.3 is 10.1 Å². The molecule has 0 saturated carbocycles. The van der Waals surface area contributed by atoms with Gasteiger partial charge in [-0.15, -0.1) is 0 Å². The van der Waals surface area contributed by atoms with Gasteiger partial charge in [0.2, 0.25) is 10.0 Å². The fourth-order valence-corrected chi connectivity index (χ4v) is 3.29. The second-order valence-electron chi connectivity index (χ2n) is 5.25. The van der Waals surface area contributed by atoms with Crippen molar-refractivity contribution in [3.05, 3.63) is 52.5 Å².